The lowest BCUT2D eigenvalue weighted by Crippen LogP contribution is -2.24. The third-order valence-electron chi connectivity index (χ3n) is 4.54. The van der Waals surface area contributed by atoms with Gasteiger partial charge in [0.1, 0.15) is 5.52 Å². The van der Waals surface area contributed by atoms with Crippen molar-refractivity contribution >= 4 is 16.9 Å². The maximum Gasteiger partial charge on any atom is 0.199 e. The van der Waals surface area contributed by atoms with Gasteiger partial charge in [-0.2, -0.15) is 0 Å². The number of nitrogen functional groups attached to an aromatic ring is 1. The molecule has 0 unspecified atom stereocenters. The van der Waals surface area contributed by atoms with E-state index < -0.39 is 0 Å². The molecule has 25 heavy (non-hydrogen) atoms. The molecule has 4 heterocycles. The molecular weight excluding hydrogens is 318 g/mol. The number of anilines is 1. The molecule has 0 amide bonds. The molecular formula is C17H15N7O. The zero-order valence-electron chi connectivity index (χ0n) is 13.3. The molecule has 124 valence electrons. The topological polar surface area (TPSA) is 108 Å². The zero-order valence-corrected chi connectivity index (χ0v) is 13.3. The molecule has 8 nitrogen and oxygen atoms in total. The minimum absolute atomic E-state index is 0.219. The molecule has 0 fully saturated rings. The molecule has 3 aromatic heterocycles. The van der Waals surface area contributed by atoms with E-state index in [1.165, 1.54) is 11.1 Å². The summed E-state index contributed by atoms with van der Waals surface area (Å²) < 4.78 is 6.86. The van der Waals surface area contributed by atoms with Crippen molar-refractivity contribution in [3.8, 4) is 17.2 Å². The lowest BCUT2D eigenvalue weighted by atomic mass is 9.98. The van der Waals surface area contributed by atoms with Gasteiger partial charge >= 0.3 is 0 Å². The van der Waals surface area contributed by atoms with Crippen LogP contribution in [0.5, 0.6) is 0 Å². The van der Waals surface area contributed by atoms with E-state index in [9.17, 15) is 0 Å². The molecule has 8 heteroatoms. The Hall–Kier alpha value is -3.26. The monoisotopic (exact) mass is 333 g/mol. The van der Waals surface area contributed by atoms with Crippen molar-refractivity contribution in [2.45, 2.75) is 13.0 Å². The van der Waals surface area contributed by atoms with Gasteiger partial charge in [0.15, 0.2) is 17.3 Å². The Bertz CT molecular complexity index is 1080. The van der Waals surface area contributed by atoms with Crippen molar-refractivity contribution in [2.75, 3.05) is 12.3 Å². The zero-order chi connectivity index (χ0) is 16.8. The molecule has 0 aliphatic carbocycles. The smallest absolute Gasteiger partial charge is 0.199 e. The second kappa shape index (κ2) is 5.38. The summed E-state index contributed by atoms with van der Waals surface area (Å²) in [5.74, 6) is 0.824. The van der Waals surface area contributed by atoms with Gasteiger partial charge < -0.3 is 11.1 Å². The number of benzene rings is 1. The second-order valence-corrected chi connectivity index (χ2v) is 5.97. The van der Waals surface area contributed by atoms with Crippen LogP contribution in [0, 0.1) is 0 Å². The van der Waals surface area contributed by atoms with Crippen molar-refractivity contribution in [1.29, 1.82) is 0 Å². The molecule has 0 bridgehead atoms. The highest BCUT2D eigenvalue weighted by Crippen LogP contribution is 2.32. The van der Waals surface area contributed by atoms with E-state index in [4.69, 9.17) is 10.4 Å². The van der Waals surface area contributed by atoms with Gasteiger partial charge in [0, 0.05) is 12.7 Å². The number of fused-ring (bicyclic) bond motifs is 2. The number of hydrogen-bond acceptors (Lipinski definition) is 7. The fourth-order valence-electron chi connectivity index (χ4n) is 3.41. The molecule has 0 saturated carbocycles. The van der Waals surface area contributed by atoms with E-state index in [2.05, 4.69) is 48.4 Å². The fourth-order valence-corrected chi connectivity index (χ4v) is 3.41. The predicted molar refractivity (Wildman–Crippen MR) is 92.0 cm³/mol. The van der Waals surface area contributed by atoms with Gasteiger partial charge in [0.2, 0.25) is 0 Å². The number of rotatable bonds is 2. The van der Waals surface area contributed by atoms with Crippen molar-refractivity contribution in [3.63, 3.8) is 0 Å². The van der Waals surface area contributed by atoms with Crippen LogP contribution < -0.4 is 11.1 Å². The van der Waals surface area contributed by atoms with Gasteiger partial charge in [-0.1, -0.05) is 12.1 Å². The van der Waals surface area contributed by atoms with Crippen LogP contribution in [0.3, 0.4) is 0 Å². The van der Waals surface area contributed by atoms with Crippen LogP contribution in [-0.2, 0) is 13.0 Å². The highest BCUT2D eigenvalue weighted by atomic mass is 16.6. The van der Waals surface area contributed by atoms with Crippen molar-refractivity contribution in [3.05, 3.63) is 47.8 Å². The molecule has 5 rings (SSSR count). The lowest BCUT2D eigenvalue weighted by Gasteiger charge is -2.21. The number of nitrogens with two attached hydrogens (primary N) is 1. The third-order valence-corrected chi connectivity index (χ3v) is 4.54. The van der Waals surface area contributed by atoms with Crippen LogP contribution in [-0.4, -0.2) is 31.4 Å². The van der Waals surface area contributed by atoms with Crippen LogP contribution in [0.4, 0.5) is 5.82 Å². The highest BCUT2D eigenvalue weighted by Gasteiger charge is 2.23. The molecule has 0 spiro atoms. The summed E-state index contributed by atoms with van der Waals surface area (Å²) in [6.07, 6.45) is 4.43. The molecule has 1 aliphatic heterocycles. The SMILES string of the molecule is Nc1nonc1-c1nc2cnccc2n1-c1cccc2c1CCNC2. The second-order valence-electron chi connectivity index (χ2n) is 5.97. The van der Waals surface area contributed by atoms with Crippen LogP contribution in [0.25, 0.3) is 28.2 Å². The van der Waals surface area contributed by atoms with E-state index in [1.807, 2.05) is 6.07 Å². The Balaban J connectivity index is 1.86. The lowest BCUT2D eigenvalue weighted by molar-refractivity contribution is 0.310. The van der Waals surface area contributed by atoms with E-state index in [1.54, 1.807) is 12.4 Å². The van der Waals surface area contributed by atoms with Crippen molar-refractivity contribution in [1.82, 2.24) is 30.2 Å². The molecule has 1 aliphatic rings. The Morgan fingerprint density at radius 2 is 2.16 bits per heavy atom. The van der Waals surface area contributed by atoms with E-state index in [0.717, 1.165) is 36.2 Å². The van der Waals surface area contributed by atoms with Gasteiger partial charge in [-0.3, -0.25) is 9.55 Å². The van der Waals surface area contributed by atoms with E-state index >= 15 is 0 Å². The minimum atomic E-state index is 0.219. The summed E-state index contributed by atoms with van der Waals surface area (Å²) in [5, 5.41) is 11.1. The largest absolute Gasteiger partial charge is 0.379 e. The van der Waals surface area contributed by atoms with Gasteiger partial charge in [-0.15, -0.1) is 0 Å². The molecule has 0 radical (unpaired) electrons. The molecule has 0 atom stereocenters. The molecule has 4 aromatic rings. The van der Waals surface area contributed by atoms with Crippen LogP contribution >= 0.6 is 0 Å². The van der Waals surface area contributed by atoms with Gasteiger partial charge in [-0.25, -0.2) is 9.61 Å². The summed E-state index contributed by atoms with van der Waals surface area (Å²) >= 11 is 0. The summed E-state index contributed by atoms with van der Waals surface area (Å²) in [4.78, 5) is 8.86. The number of aromatic nitrogens is 5. The Kier molecular flexibility index (Phi) is 3.04. The normalized spacial score (nSPS) is 13.9. The highest BCUT2D eigenvalue weighted by molar-refractivity contribution is 5.83. The van der Waals surface area contributed by atoms with Crippen molar-refractivity contribution < 1.29 is 4.63 Å². The maximum absolute atomic E-state index is 5.93. The van der Waals surface area contributed by atoms with Gasteiger partial charge in [0.05, 0.1) is 17.4 Å². The first kappa shape index (κ1) is 14.1. The van der Waals surface area contributed by atoms with Crippen molar-refractivity contribution in [2.24, 2.45) is 0 Å². The number of imidazole rings is 1. The van der Waals surface area contributed by atoms with Crippen LogP contribution in [0.1, 0.15) is 11.1 Å². The quantitative estimate of drug-likeness (QED) is 0.575. The van der Waals surface area contributed by atoms with Crippen LogP contribution in [0.2, 0.25) is 0 Å². The first-order valence-electron chi connectivity index (χ1n) is 8.05. The molecule has 1 aromatic carbocycles. The maximum atomic E-state index is 5.93. The first-order valence-corrected chi connectivity index (χ1v) is 8.05. The van der Waals surface area contributed by atoms with Crippen LogP contribution in [0.15, 0.2) is 41.3 Å². The average Bonchev–Trinajstić information content (AvgIpc) is 3.24. The minimum Gasteiger partial charge on any atom is -0.379 e. The Morgan fingerprint density at radius 3 is 3.04 bits per heavy atom. The predicted octanol–water partition coefficient (Wildman–Crippen LogP) is 1.70. The van der Waals surface area contributed by atoms with Gasteiger partial charge in [0.25, 0.3) is 0 Å². The van der Waals surface area contributed by atoms with Gasteiger partial charge in [-0.05, 0) is 46.5 Å². The summed E-state index contributed by atoms with van der Waals surface area (Å²) in [6, 6.07) is 8.24. The van der Waals surface area contributed by atoms with E-state index in [0.29, 0.717) is 11.5 Å². The summed E-state index contributed by atoms with van der Waals surface area (Å²) in [5.41, 5.74) is 11.7. The summed E-state index contributed by atoms with van der Waals surface area (Å²) in [7, 11) is 0. The standard InChI is InChI=1S/C17H15N7O/c18-16-15(22-25-23-16)17-21-12-9-20-7-5-14(12)24(17)13-3-1-2-10-8-19-6-4-11(10)13/h1-3,5,7,9,19H,4,6,8H2,(H2,18,23). The number of nitrogens with zero attached hydrogens (tertiary/aromatic N) is 5. The number of hydrogen-bond donors (Lipinski definition) is 2. The summed E-state index contributed by atoms with van der Waals surface area (Å²) in [6.45, 7) is 1.81. The first-order chi connectivity index (χ1) is 12.3. The molecule has 3 N–H and O–H groups in total. The number of pyridine rings is 1. The average molecular weight is 333 g/mol. The Morgan fingerprint density at radius 1 is 1.20 bits per heavy atom. The van der Waals surface area contributed by atoms with E-state index in [-0.39, 0.29) is 5.82 Å². The number of nitrogens with one attached hydrogen (secondary N) is 1. The molecule has 0 saturated heterocycles. The third kappa shape index (κ3) is 2.11. The fraction of sp³-hybridized carbons (Fsp3) is 0.176. The Labute approximate surface area is 142 Å².